The van der Waals surface area contributed by atoms with Crippen molar-refractivity contribution in [2.45, 2.75) is 0 Å². The molecule has 0 N–H and O–H groups in total. The average Bonchev–Trinajstić information content (AvgIpc) is 3.00. The first-order chi connectivity index (χ1) is 11.1. The molecule has 2 heterocycles. The monoisotopic (exact) mass is 313 g/mol. The number of nitro benzene ring substituents is 1. The highest BCUT2D eigenvalue weighted by Crippen LogP contribution is 2.20. The minimum absolute atomic E-state index is 0.000652. The Morgan fingerprint density at radius 1 is 1.17 bits per heavy atom. The molecule has 1 fully saturated rings. The fourth-order valence-corrected chi connectivity index (χ4v) is 2.43. The van der Waals surface area contributed by atoms with Crippen LogP contribution in [0.4, 0.5) is 11.5 Å². The number of piperazine rings is 1. The maximum Gasteiger partial charge on any atom is 0.269 e. The molecule has 0 unspecified atom stereocenters. The van der Waals surface area contributed by atoms with Gasteiger partial charge in [0.05, 0.1) is 10.6 Å². The minimum atomic E-state index is -0.462. The molecule has 9 nitrogen and oxygen atoms in total. The van der Waals surface area contributed by atoms with Crippen LogP contribution < -0.4 is 4.90 Å². The Bertz CT molecular complexity index is 754. The van der Waals surface area contributed by atoms with Gasteiger partial charge >= 0.3 is 0 Å². The topological polar surface area (TPSA) is 104 Å². The van der Waals surface area contributed by atoms with Crippen LogP contribution in [0, 0.1) is 21.4 Å². The summed E-state index contributed by atoms with van der Waals surface area (Å²) in [4.78, 5) is 15.8. The van der Waals surface area contributed by atoms with Crippen LogP contribution in [0.5, 0.6) is 0 Å². The van der Waals surface area contributed by atoms with Gasteiger partial charge in [-0.1, -0.05) is 0 Å². The number of nitro groups is 1. The molecule has 0 saturated carbocycles. The van der Waals surface area contributed by atoms with Gasteiger partial charge in [-0.2, -0.15) is 5.26 Å². The van der Waals surface area contributed by atoms with Gasteiger partial charge in [0.15, 0.2) is 5.82 Å². The lowest BCUT2D eigenvalue weighted by Gasteiger charge is -2.32. The van der Waals surface area contributed by atoms with E-state index in [2.05, 4.69) is 28.2 Å². The summed E-state index contributed by atoms with van der Waals surface area (Å²) in [5.74, 6) is 0.555. The van der Waals surface area contributed by atoms with Gasteiger partial charge in [0, 0.05) is 38.3 Å². The molecule has 23 heavy (non-hydrogen) atoms. The number of nitrogens with zero attached hydrogens (tertiary/aromatic N) is 7. The van der Waals surface area contributed by atoms with Crippen molar-refractivity contribution in [3.8, 4) is 11.8 Å². The Kier molecular flexibility index (Phi) is 3.91. The van der Waals surface area contributed by atoms with Crippen molar-refractivity contribution in [1.82, 2.24) is 19.9 Å². The Balaban J connectivity index is 1.89. The molecule has 0 atom stereocenters. The average molecular weight is 313 g/mol. The third kappa shape index (κ3) is 2.97. The van der Waals surface area contributed by atoms with E-state index in [0.717, 1.165) is 26.2 Å². The second-order valence-corrected chi connectivity index (χ2v) is 5.34. The molecule has 118 valence electrons. The van der Waals surface area contributed by atoms with E-state index in [1.54, 1.807) is 12.1 Å². The quantitative estimate of drug-likeness (QED) is 0.609. The van der Waals surface area contributed by atoms with E-state index in [0.29, 0.717) is 11.5 Å². The lowest BCUT2D eigenvalue weighted by atomic mass is 10.3. The van der Waals surface area contributed by atoms with Crippen molar-refractivity contribution in [3.63, 3.8) is 0 Å². The predicted molar refractivity (Wildman–Crippen MR) is 82.4 cm³/mol. The summed E-state index contributed by atoms with van der Waals surface area (Å²) in [6, 6.07) is 7.97. The van der Waals surface area contributed by atoms with Crippen LogP contribution in [0.15, 0.2) is 24.3 Å². The molecule has 0 amide bonds. The summed E-state index contributed by atoms with van der Waals surface area (Å²) in [6.07, 6.45) is 0. The molecule has 2 aromatic rings. The van der Waals surface area contributed by atoms with Crippen LogP contribution in [0.3, 0.4) is 0 Å². The fourth-order valence-electron chi connectivity index (χ4n) is 2.43. The molecule has 9 heteroatoms. The zero-order chi connectivity index (χ0) is 16.4. The van der Waals surface area contributed by atoms with Crippen LogP contribution in [0.25, 0.3) is 5.69 Å². The molecular formula is C14H15N7O2. The van der Waals surface area contributed by atoms with E-state index < -0.39 is 4.92 Å². The highest BCUT2D eigenvalue weighted by atomic mass is 16.6. The molecule has 1 aliphatic heterocycles. The smallest absolute Gasteiger partial charge is 0.269 e. The number of benzene rings is 1. The van der Waals surface area contributed by atoms with E-state index in [-0.39, 0.29) is 11.4 Å². The fraction of sp³-hybridized carbons (Fsp3) is 0.357. The first kappa shape index (κ1) is 14.9. The number of hydrogen-bond acceptors (Lipinski definition) is 7. The molecule has 0 spiro atoms. The third-order valence-electron chi connectivity index (χ3n) is 3.80. The molecule has 0 bridgehead atoms. The van der Waals surface area contributed by atoms with Crippen molar-refractivity contribution >= 4 is 11.5 Å². The number of aromatic nitrogens is 3. The minimum Gasteiger partial charge on any atom is -0.350 e. The molecular weight excluding hydrogens is 298 g/mol. The summed E-state index contributed by atoms with van der Waals surface area (Å²) in [5.41, 5.74) is 0.834. The summed E-state index contributed by atoms with van der Waals surface area (Å²) in [5, 5.41) is 28.6. The number of rotatable bonds is 3. The Hall–Kier alpha value is -2.99. The number of nitriles is 1. The zero-order valence-corrected chi connectivity index (χ0v) is 12.6. The molecule has 3 rings (SSSR count). The largest absolute Gasteiger partial charge is 0.350 e. The molecule has 0 aliphatic carbocycles. The summed E-state index contributed by atoms with van der Waals surface area (Å²) in [6.45, 7) is 3.36. The van der Waals surface area contributed by atoms with E-state index >= 15 is 0 Å². The molecule has 1 saturated heterocycles. The first-order valence-electron chi connectivity index (χ1n) is 7.14. The number of hydrogen-bond donors (Lipinski definition) is 0. The maximum absolute atomic E-state index is 10.7. The Labute approximate surface area is 132 Å². The SMILES string of the molecule is CN1CCN(c2nn(-c3ccc([N+](=O)[O-])cc3)nc2C#N)CC1. The van der Waals surface area contributed by atoms with Gasteiger partial charge in [0.25, 0.3) is 5.69 Å². The van der Waals surface area contributed by atoms with Crippen molar-refractivity contribution in [3.05, 3.63) is 40.1 Å². The van der Waals surface area contributed by atoms with Crippen LogP contribution in [-0.4, -0.2) is 58.0 Å². The third-order valence-corrected chi connectivity index (χ3v) is 3.80. The Morgan fingerprint density at radius 2 is 1.83 bits per heavy atom. The maximum atomic E-state index is 10.7. The van der Waals surface area contributed by atoms with E-state index in [9.17, 15) is 15.4 Å². The van der Waals surface area contributed by atoms with Crippen LogP contribution >= 0.6 is 0 Å². The lowest BCUT2D eigenvalue weighted by Crippen LogP contribution is -2.45. The standard InChI is InChI=1S/C14H15N7O2/c1-18-6-8-19(9-7-18)14-13(10-15)16-20(17-14)11-2-4-12(5-3-11)21(22)23/h2-5H,6-9H2,1H3. The van der Waals surface area contributed by atoms with Gasteiger partial charge < -0.3 is 9.80 Å². The van der Waals surface area contributed by atoms with E-state index in [1.807, 2.05) is 4.90 Å². The summed E-state index contributed by atoms with van der Waals surface area (Å²) in [7, 11) is 2.05. The highest BCUT2D eigenvalue weighted by molar-refractivity contribution is 5.51. The second-order valence-electron chi connectivity index (χ2n) is 5.34. The van der Waals surface area contributed by atoms with Crippen molar-refractivity contribution in [2.24, 2.45) is 0 Å². The van der Waals surface area contributed by atoms with Gasteiger partial charge in [0.2, 0.25) is 5.69 Å². The molecule has 0 radical (unpaired) electrons. The second kappa shape index (κ2) is 6.02. The van der Waals surface area contributed by atoms with Gasteiger partial charge in [-0.05, 0) is 19.2 Å². The van der Waals surface area contributed by atoms with Crippen LogP contribution in [0.2, 0.25) is 0 Å². The van der Waals surface area contributed by atoms with E-state index in [1.165, 1.54) is 16.9 Å². The Morgan fingerprint density at radius 3 is 2.39 bits per heavy atom. The number of non-ortho nitro benzene ring substituents is 1. The van der Waals surface area contributed by atoms with Crippen molar-refractivity contribution in [2.75, 3.05) is 38.1 Å². The van der Waals surface area contributed by atoms with Gasteiger partial charge in [-0.25, -0.2) is 0 Å². The van der Waals surface area contributed by atoms with Crippen LogP contribution in [0.1, 0.15) is 5.69 Å². The number of anilines is 1. The van der Waals surface area contributed by atoms with Crippen molar-refractivity contribution < 1.29 is 4.92 Å². The highest BCUT2D eigenvalue weighted by Gasteiger charge is 2.22. The van der Waals surface area contributed by atoms with Crippen molar-refractivity contribution in [1.29, 1.82) is 5.26 Å². The van der Waals surface area contributed by atoms with Gasteiger partial charge in [-0.3, -0.25) is 10.1 Å². The number of likely N-dealkylation sites (N-methyl/N-ethyl adjacent to an activating group) is 1. The summed E-state index contributed by atoms with van der Waals surface area (Å²) < 4.78 is 0. The van der Waals surface area contributed by atoms with E-state index in [4.69, 9.17) is 0 Å². The molecule has 1 aliphatic rings. The first-order valence-corrected chi connectivity index (χ1v) is 7.14. The normalized spacial score (nSPS) is 15.4. The molecule has 1 aromatic heterocycles. The van der Waals surface area contributed by atoms with Gasteiger partial charge in [-0.15, -0.1) is 15.0 Å². The van der Waals surface area contributed by atoms with Crippen LogP contribution in [-0.2, 0) is 0 Å². The predicted octanol–water partition coefficient (Wildman–Crippen LogP) is 0.799. The zero-order valence-electron chi connectivity index (χ0n) is 12.6. The summed E-state index contributed by atoms with van der Waals surface area (Å²) >= 11 is 0. The molecule has 1 aromatic carbocycles. The van der Waals surface area contributed by atoms with Gasteiger partial charge in [0.1, 0.15) is 6.07 Å². The lowest BCUT2D eigenvalue weighted by molar-refractivity contribution is -0.384.